The van der Waals surface area contributed by atoms with Gasteiger partial charge in [0.15, 0.2) is 0 Å². The van der Waals surface area contributed by atoms with Gasteiger partial charge in [-0.1, -0.05) is 38.5 Å². The fourth-order valence-electron chi connectivity index (χ4n) is 1.45. The van der Waals surface area contributed by atoms with Crippen LogP contribution in [0.25, 0.3) is 0 Å². The van der Waals surface area contributed by atoms with Crippen LogP contribution in [0.3, 0.4) is 0 Å². The van der Waals surface area contributed by atoms with Gasteiger partial charge in [0, 0.05) is 6.42 Å². The Morgan fingerprint density at radius 3 is 1.73 bits per heavy atom. The summed E-state index contributed by atoms with van der Waals surface area (Å²) in [6.07, 6.45) is 9.80. The topological polar surface area (TPSA) is 37.3 Å². The number of carboxylic acid groups (broad SMARTS) is 1. The number of unbranched alkanes of at least 4 members (excludes halogenated alkanes) is 7. The Balaban J connectivity index is -0.000000845. The van der Waals surface area contributed by atoms with E-state index in [1.54, 1.807) is 0 Å². The minimum Gasteiger partial charge on any atom is -1.00 e. The van der Waals surface area contributed by atoms with E-state index in [2.05, 4.69) is 12.6 Å². The minimum atomic E-state index is -0.668. The van der Waals surface area contributed by atoms with Crippen molar-refractivity contribution >= 4 is 18.6 Å². The van der Waals surface area contributed by atoms with E-state index < -0.39 is 5.97 Å². The minimum absolute atomic E-state index is 0. The van der Waals surface area contributed by atoms with Gasteiger partial charge in [0.2, 0.25) is 0 Å². The Hall–Kier alpha value is 0.820. The first-order valence-electron chi connectivity index (χ1n) is 5.60. The fourth-order valence-corrected chi connectivity index (χ4v) is 1.67. The zero-order valence-corrected chi connectivity index (χ0v) is 12.8. The summed E-state index contributed by atoms with van der Waals surface area (Å²) < 4.78 is 0. The van der Waals surface area contributed by atoms with Crippen molar-refractivity contribution in [2.45, 2.75) is 57.8 Å². The molecular formula is C11H23NaO2S. The Morgan fingerprint density at radius 2 is 1.33 bits per heavy atom. The van der Waals surface area contributed by atoms with Crippen molar-refractivity contribution in [1.29, 1.82) is 0 Å². The molecule has 15 heavy (non-hydrogen) atoms. The molecule has 0 heterocycles. The van der Waals surface area contributed by atoms with E-state index in [0.29, 0.717) is 6.42 Å². The van der Waals surface area contributed by atoms with Crippen LogP contribution in [-0.4, -0.2) is 16.8 Å². The molecule has 0 aliphatic rings. The smallest absolute Gasteiger partial charge is 1.00 e. The van der Waals surface area contributed by atoms with Crippen molar-refractivity contribution in [1.82, 2.24) is 0 Å². The Bertz CT molecular complexity index is 148. The molecule has 4 heteroatoms. The summed E-state index contributed by atoms with van der Waals surface area (Å²) in [4.78, 5) is 10.2. The molecule has 0 aromatic rings. The molecule has 0 saturated carbocycles. The van der Waals surface area contributed by atoms with E-state index in [1.807, 2.05) is 0 Å². The molecule has 0 rings (SSSR count). The molecule has 2 nitrogen and oxygen atoms in total. The number of carbonyl (C=O) groups is 1. The van der Waals surface area contributed by atoms with Crippen LogP contribution in [0.4, 0.5) is 0 Å². The molecule has 0 aliphatic carbocycles. The van der Waals surface area contributed by atoms with Crippen molar-refractivity contribution < 1.29 is 40.9 Å². The normalized spacial score (nSPS) is 9.67. The second-order valence-electron chi connectivity index (χ2n) is 3.70. The third-order valence-electron chi connectivity index (χ3n) is 2.30. The fraction of sp³-hybridized carbons (Fsp3) is 0.909. The molecule has 0 radical (unpaired) electrons. The number of hydrogen-bond donors (Lipinski definition) is 2. The van der Waals surface area contributed by atoms with Gasteiger partial charge < -0.3 is 6.53 Å². The monoisotopic (exact) mass is 242 g/mol. The van der Waals surface area contributed by atoms with Crippen LogP contribution in [0.5, 0.6) is 0 Å². The molecule has 0 spiro atoms. The molecule has 0 bridgehead atoms. The van der Waals surface area contributed by atoms with Crippen LogP contribution >= 0.6 is 12.6 Å². The molecule has 0 aromatic heterocycles. The Kier molecular flexibility index (Phi) is 18.0. The van der Waals surface area contributed by atoms with Crippen LogP contribution in [-0.2, 0) is 4.79 Å². The third kappa shape index (κ3) is 17.4. The number of rotatable bonds is 10. The Labute approximate surface area is 122 Å². The summed E-state index contributed by atoms with van der Waals surface area (Å²) in [6.45, 7) is 0. The van der Waals surface area contributed by atoms with Crippen molar-refractivity contribution in [2.24, 2.45) is 0 Å². The summed E-state index contributed by atoms with van der Waals surface area (Å²) in [7, 11) is 0. The number of thiol groups is 1. The maximum Gasteiger partial charge on any atom is 1.00 e. The van der Waals surface area contributed by atoms with Gasteiger partial charge in [-0.3, -0.25) is 4.79 Å². The van der Waals surface area contributed by atoms with E-state index in [0.717, 1.165) is 18.6 Å². The maximum atomic E-state index is 10.2. The standard InChI is InChI=1S/C11H22O2S.Na.H/c12-11(13)9-7-5-3-1-2-4-6-8-10-14;;/h14H,1-10H2,(H,12,13);;/q;+1;-1. The van der Waals surface area contributed by atoms with E-state index in [-0.39, 0.29) is 31.0 Å². The first-order valence-corrected chi connectivity index (χ1v) is 6.23. The zero-order chi connectivity index (χ0) is 10.6. The van der Waals surface area contributed by atoms with Crippen LogP contribution in [0, 0.1) is 0 Å². The first-order chi connectivity index (χ1) is 6.77. The van der Waals surface area contributed by atoms with Gasteiger partial charge in [-0.15, -0.1) is 0 Å². The van der Waals surface area contributed by atoms with Gasteiger partial charge in [-0.05, 0) is 18.6 Å². The summed E-state index contributed by atoms with van der Waals surface area (Å²) in [6, 6.07) is 0. The van der Waals surface area contributed by atoms with Crippen molar-refractivity contribution in [3.63, 3.8) is 0 Å². The van der Waals surface area contributed by atoms with E-state index >= 15 is 0 Å². The van der Waals surface area contributed by atoms with Gasteiger partial charge in [0.1, 0.15) is 0 Å². The molecule has 0 fully saturated rings. The van der Waals surface area contributed by atoms with Crippen LogP contribution < -0.4 is 29.6 Å². The summed E-state index contributed by atoms with van der Waals surface area (Å²) in [5, 5.41) is 8.41. The van der Waals surface area contributed by atoms with Crippen LogP contribution in [0.15, 0.2) is 0 Å². The largest absolute Gasteiger partial charge is 1.00 e. The van der Waals surface area contributed by atoms with E-state index in [4.69, 9.17) is 5.11 Å². The Morgan fingerprint density at radius 1 is 0.933 bits per heavy atom. The second-order valence-corrected chi connectivity index (χ2v) is 4.14. The number of hydrogen-bond acceptors (Lipinski definition) is 2. The molecule has 86 valence electrons. The molecule has 0 aliphatic heterocycles. The second kappa shape index (κ2) is 14.8. The van der Waals surface area contributed by atoms with Gasteiger partial charge in [0.05, 0.1) is 0 Å². The van der Waals surface area contributed by atoms with E-state index in [9.17, 15) is 4.79 Å². The third-order valence-corrected chi connectivity index (χ3v) is 2.61. The molecule has 0 saturated heterocycles. The maximum absolute atomic E-state index is 10.2. The van der Waals surface area contributed by atoms with Gasteiger partial charge in [0.25, 0.3) is 0 Å². The van der Waals surface area contributed by atoms with Crippen LogP contribution in [0.2, 0.25) is 0 Å². The van der Waals surface area contributed by atoms with E-state index in [1.165, 1.54) is 38.5 Å². The van der Waals surface area contributed by atoms with Crippen molar-refractivity contribution in [3.05, 3.63) is 0 Å². The van der Waals surface area contributed by atoms with Crippen LogP contribution in [0.1, 0.15) is 59.2 Å². The number of aliphatic carboxylic acids is 1. The summed E-state index contributed by atoms with van der Waals surface area (Å²) in [5.74, 6) is 0.331. The van der Waals surface area contributed by atoms with Crippen molar-refractivity contribution in [2.75, 3.05) is 5.75 Å². The molecule has 0 atom stereocenters. The summed E-state index contributed by atoms with van der Waals surface area (Å²) in [5.41, 5.74) is 0. The predicted molar refractivity (Wildman–Crippen MR) is 64.2 cm³/mol. The summed E-state index contributed by atoms with van der Waals surface area (Å²) >= 11 is 4.16. The predicted octanol–water partition coefficient (Wildman–Crippen LogP) is 0.628. The molecule has 0 amide bonds. The zero-order valence-electron chi connectivity index (χ0n) is 10.9. The molecule has 0 aromatic carbocycles. The van der Waals surface area contributed by atoms with Gasteiger partial charge in [-0.2, -0.15) is 12.6 Å². The van der Waals surface area contributed by atoms with Gasteiger partial charge in [-0.25, -0.2) is 0 Å². The quantitative estimate of drug-likeness (QED) is 0.335. The SMILES string of the molecule is O=C(O)CCCCCCCCCCS.[H-].[Na+]. The molecular weight excluding hydrogens is 219 g/mol. The average Bonchev–Trinajstić information content (AvgIpc) is 2.15. The molecule has 1 N–H and O–H groups in total. The number of carboxylic acids is 1. The van der Waals surface area contributed by atoms with Gasteiger partial charge >= 0.3 is 35.5 Å². The molecule has 0 unspecified atom stereocenters. The average molecular weight is 242 g/mol. The van der Waals surface area contributed by atoms with Crippen molar-refractivity contribution in [3.8, 4) is 0 Å². The first kappa shape index (κ1) is 18.2.